The Bertz CT molecular complexity index is 766. The standard InChI is InChI=1S/C19H25N5OS/c1-4-17(25)23-15-6-5-7-16(12-15)26-18-13(2)21-19(22-14(18)3)24-10-8-20-9-11-24/h5-7,12,20H,4,8-11H2,1-3H3,(H,23,25). The molecule has 1 aliphatic rings. The van der Waals surface area contributed by atoms with Crippen molar-refractivity contribution in [3.63, 3.8) is 0 Å². The Morgan fingerprint density at radius 3 is 2.58 bits per heavy atom. The highest BCUT2D eigenvalue weighted by atomic mass is 32.2. The van der Waals surface area contributed by atoms with Crippen LogP contribution in [-0.2, 0) is 4.79 Å². The zero-order chi connectivity index (χ0) is 18.5. The molecule has 0 atom stereocenters. The summed E-state index contributed by atoms with van der Waals surface area (Å²) >= 11 is 1.64. The van der Waals surface area contributed by atoms with Crippen LogP contribution in [0.1, 0.15) is 24.7 Å². The second-order valence-electron chi connectivity index (χ2n) is 6.29. The number of carbonyl (C=O) groups excluding carboxylic acids is 1. The molecule has 0 radical (unpaired) electrons. The molecule has 1 aromatic carbocycles. The number of aromatic nitrogens is 2. The van der Waals surface area contributed by atoms with E-state index in [2.05, 4.69) is 15.5 Å². The van der Waals surface area contributed by atoms with Gasteiger partial charge >= 0.3 is 0 Å². The van der Waals surface area contributed by atoms with E-state index in [0.29, 0.717) is 6.42 Å². The quantitative estimate of drug-likeness (QED) is 0.842. The van der Waals surface area contributed by atoms with E-state index in [4.69, 9.17) is 9.97 Å². The van der Waals surface area contributed by atoms with Crippen LogP contribution < -0.4 is 15.5 Å². The molecule has 7 heteroatoms. The van der Waals surface area contributed by atoms with Gasteiger partial charge in [0.1, 0.15) is 0 Å². The predicted octanol–water partition coefficient (Wildman–Crippen LogP) is 3.00. The summed E-state index contributed by atoms with van der Waals surface area (Å²) in [5, 5.41) is 6.25. The van der Waals surface area contributed by atoms with Gasteiger partial charge in [0.25, 0.3) is 0 Å². The van der Waals surface area contributed by atoms with E-state index in [-0.39, 0.29) is 5.91 Å². The lowest BCUT2D eigenvalue weighted by Gasteiger charge is -2.28. The minimum absolute atomic E-state index is 0.0169. The van der Waals surface area contributed by atoms with Crippen LogP contribution in [0, 0.1) is 13.8 Å². The number of piperazine rings is 1. The number of hydrogen-bond donors (Lipinski definition) is 2. The SMILES string of the molecule is CCC(=O)Nc1cccc(Sc2c(C)nc(N3CCNCC3)nc2C)c1. The van der Waals surface area contributed by atoms with Crippen molar-refractivity contribution in [1.82, 2.24) is 15.3 Å². The van der Waals surface area contributed by atoms with E-state index >= 15 is 0 Å². The third-order valence-corrected chi connectivity index (χ3v) is 5.54. The molecule has 2 N–H and O–H groups in total. The third kappa shape index (κ3) is 4.53. The molecule has 2 heterocycles. The van der Waals surface area contributed by atoms with Crippen molar-refractivity contribution in [3.8, 4) is 0 Å². The summed E-state index contributed by atoms with van der Waals surface area (Å²) < 4.78 is 0. The van der Waals surface area contributed by atoms with Crippen molar-refractivity contribution < 1.29 is 4.79 Å². The van der Waals surface area contributed by atoms with Gasteiger partial charge in [-0.15, -0.1) is 0 Å². The summed E-state index contributed by atoms with van der Waals surface area (Å²) in [6.45, 7) is 9.71. The monoisotopic (exact) mass is 371 g/mol. The molecular formula is C19H25N5OS. The molecule has 0 saturated carbocycles. The molecule has 1 amide bonds. The first kappa shape index (κ1) is 18.7. The van der Waals surface area contributed by atoms with E-state index in [9.17, 15) is 4.79 Å². The fourth-order valence-corrected chi connectivity index (χ4v) is 3.80. The Morgan fingerprint density at radius 1 is 1.23 bits per heavy atom. The fraction of sp³-hybridized carbons (Fsp3) is 0.421. The van der Waals surface area contributed by atoms with Crippen molar-refractivity contribution in [2.24, 2.45) is 0 Å². The molecule has 3 rings (SSSR count). The van der Waals surface area contributed by atoms with Crippen LogP contribution in [0.15, 0.2) is 34.1 Å². The zero-order valence-electron chi connectivity index (χ0n) is 15.5. The lowest BCUT2D eigenvalue weighted by atomic mass is 10.3. The van der Waals surface area contributed by atoms with Gasteiger partial charge in [-0.3, -0.25) is 4.79 Å². The fourth-order valence-electron chi connectivity index (χ4n) is 2.85. The van der Waals surface area contributed by atoms with E-state index in [1.54, 1.807) is 11.8 Å². The first-order valence-electron chi connectivity index (χ1n) is 8.95. The average molecular weight is 372 g/mol. The number of nitrogens with one attached hydrogen (secondary N) is 2. The lowest BCUT2D eigenvalue weighted by Crippen LogP contribution is -2.44. The summed E-state index contributed by atoms with van der Waals surface area (Å²) in [5.74, 6) is 0.832. The number of amides is 1. The van der Waals surface area contributed by atoms with Crippen LogP contribution in [0.5, 0.6) is 0 Å². The molecule has 0 unspecified atom stereocenters. The summed E-state index contributed by atoms with van der Waals surface area (Å²) in [4.78, 5) is 25.4. The smallest absolute Gasteiger partial charge is 0.225 e. The Kier molecular flexibility index (Phi) is 6.11. The summed E-state index contributed by atoms with van der Waals surface area (Å²) in [6.07, 6.45) is 0.469. The van der Waals surface area contributed by atoms with Crippen molar-refractivity contribution in [3.05, 3.63) is 35.7 Å². The van der Waals surface area contributed by atoms with Gasteiger partial charge in [-0.2, -0.15) is 0 Å². The maximum Gasteiger partial charge on any atom is 0.225 e. The van der Waals surface area contributed by atoms with Crippen LogP contribution in [-0.4, -0.2) is 42.1 Å². The van der Waals surface area contributed by atoms with Crippen LogP contribution in [0.4, 0.5) is 11.6 Å². The molecule has 1 fully saturated rings. The Balaban J connectivity index is 1.79. The largest absolute Gasteiger partial charge is 0.338 e. The van der Waals surface area contributed by atoms with Crippen LogP contribution >= 0.6 is 11.8 Å². The van der Waals surface area contributed by atoms with Crippen molar-refractivity contribution >= 4 is 29.3 Å². The third-order valence-electron chi connectivity index (χ3n) is 4.25. The highest BCUT2D eigenvalue weighted by Crippen LogP contribution is 2.33. The highest BCUT2D eigenvalue weighted by Gasteiger charge is 2.17. The molecule has 2 aromatic rings. The van der Waals surface area contributed by atoms with Crippen molar-refractivity contribution in [2.75, 3.05) is 36.4 Å². The molecule has 6 nitrogen and oxygen atoms in total. The number of anilines is 2. The number of rotatable bonds is 5. The molecule has 1 saturated heterocycles. The maximum atomic E-state index is 11.6. The molecular weight excluding hydrogens is 346 g/mol. The van der Waals surface area contributed by atoms with Crippen LogP contribution in [0.3, 0.4) is 0 Å². The highest BCUT2D eigenvalue weighted by molar-refractivity contribution is 7.99. The summed E-state index contributed by atoms with van der Waals surface area (Å²) in [6, 6.07) is 7.88. The van der Waals surface area contributed by atoms with Gasteiger partial charge in [0, 0.05) is 43.2 Å². The van der Waals surface area contributed by atoms with E-state index in [0.717, 1.165) is 59.0 Å². The summed E-state index contributed by atoms with van der Waals surface area (Å²) in [5.41, 5.74) is 2.79. The van der Waals surface area contributed by atoms with Crippen LogP contribution in [0.2, 0.25) is 0 Å². The first-order valence-corrected chi connectivity index (χ1v) is 9.77. The molecule has 0 bridgehead atoms. The topological polar surface area (TPSA) is 70.2 Å². The van der Waals surface area contributed by atoms with Gasteiger partial charge in [0.2, 0.25) is 11.9 Å². The van der Waals surface area contributed by atoms with Crippen LogP contribution in [0.25, 0.3) is 0 Å². The number of nitrogens with zero attached hydrogens (tertiary/aromatic N) is 3. The van der Waals surface area contributed by atoms with Gasteiger partial charge in [-0.1, -0.05) is 24.8 Å². The number of benzene rings is 1. The minimum atomic E-state index is 0.0169. The van der Waals surface area contributed by atoms with Gasteiger partial charge in [0.15, 0.2) is 0 Å². The number of hydrogen-bond acceptors (Lipinski definition) is 6. The minimum Gasteiger partial charge on any atom is -0.338 e. The van der Waals surface area contributed by atoms with E-state index < -0.39 is 0 Å². The normalized spacial score (nSPS) is 14.3. The first-order chi connectivity index (χ1) is 12.6. The molecule has 1 aromatic heterocycles. The Labute approximate surface area is 158 Å². The van der Waals surface area contributed by atoms with Crippen molar-refractivity contribution in [2.45, 2.75) is 37.0 Å². The average Bonchev–Trinajstić information content (AvgIpc) is 2.65. The van der Waals surface area contributed by atoms with Gasteiger partial charge in [-0.05, 0) is 32.0 Å². The van der Waals surface area contributed by atoms with E-state index in [1.807, 2.05) is 45.0 Å². The molecule has 26 heavy (non-hydrogen) atoms. The summed E-state index contributed by atoms with van der Waals surface area (Å²) in [7, 11) is 0. The Hall–Kier alpha value is -2.12. The van der Waals surface area contributed by atoms with Gasteiger partial charge < -0.3 is 15.5 Å². The molecule has 0 spiro atoms. The maximum absolute atomic E-state index is 11.6. The second-order valence-corrected chi connectivity index (χ2v) is 7.38. The zero-order valence-corrected chi connectivity index (χ0v) is 16.3. The predicted molar refractivity (Wildman–Crippen MR) is 106 cm³/mol. The molecule has 138 valence electrons. The van der Waals surface area contributed by atoms with Crippen molar-refractivity contribution in [1.29, 1.82) is 0 Å². The molecule has 1 aliphatic heterocycles. The lowest BCUT2D eigenvalue weighted by molar-refractivity contribution is -0.115. The number of aryl methyl sites for hydroxylation is 2. The second kappa shape index (κ2) is 8.51. The van der Waals surface area contributed by atoms with Gasteiger partial charge in [-0.25, -0.2) is 9.97 Å². The Morgan fingerprint density at radius 2 is 1.92 bits per heavy atom. The molecule has 0 aliphatic carbocycles. The number of carbonyl (C=O) groups is 1. The van der Waals surface area contributed by atoms with E-state index in [1.165, 1.54) is 0 Å². The van der Waals surface area contributed by atoms with Gasteiger partial charge in [0.05, 0.1) is 16.3 Å².